The molecule has 0 spiro atoms. The van der Waals surface area contributed by atoms with Crippen molar-refractivity contribution in [1.29, 1.82) is 0 Å². The van der Waals surface area contributed by atoms with Crippen LogP contribution in [-0.2, 0) is 14.2 Å². The van der Waals surface area contributed by atoms with Gasteiger partial charge in [-0.05, 0) is 19.1 Å². The molecule has 2 fully saturated rings. The van der Waals surface area contributed by atoms with E-state index in [9.17, 15) is 40.5 Å². The van der Waals surface area contributed by atoms with Gasteiger partial charge in [0, 0.05) is 6.07 Å². The maximum Gasteiger partial charge on any atom is 0.229 e. The molecule has 1 aromatic rings. The fourth-order valence-corrected chi connectivity index (χ4v) is 3.28. The minimum Gasteiger partial charge on any atom is -0.507 e. The van der Waals surface area contributed by atoms with Crippen LogP contribution in [0.4, 0.5) is 0 Å². The van der Waals surface area contributed by atoms with Crippen LogP contribution in [0.15, 0.2) is 18.2 Å². The number of aliphatic hydroxyl groups excluding tert-OH is 6. The number of carbonyl (C=O) groups is 1. The zero-order valence-electron chi connectivity index (χ0n) is 16.5. The molecule has 0 radical (unpaired) electrons. The Labute approximate surface area is 176 Å². The van der Waals surface area contributed by atoms with Gasteiger partial charge < -0.3 is 54.7 Å². The number of benzene rings is 1. The molecule has 12 heteroatoms. The van der Waals surface area contributed by atoms with Crippen molar-refractivity contribution in [1.82, 2.24) is 0 Å². The van der Waals surface area contributed by atoms with E-state index in [0.717, 1.165) is 6.07 Å². The SMILES string of the molecule is CC(=O)c1ccc(O[C@@H]2O[C@@H](CO[C@@H]3OC[C@H](O)[C@H](O)[C@@H]3O)[C@@H](O)[C@@H](O)[C@@H]2O)cc1O. The number of phenols is 1. The lowest BCUT2D eigenvalue weighted by atomic mass is 9.99. The molecule has 2 aliphatic heterocycles. The van der Waals surface area contributed by atoms with Gasteiger partial charge in [-0.3, -0.25) is 4.79 Å². The van der Waals surface area contributed by atoms with E-state index in [4.69, 9.17) is 18.9 Å². The summed E-state index contributed by atoms with van der Waals surface area (Å²) in [7, 11) is 0. The summed E-state index contributed by atoms with van der Waals surface area (Å²) in [4.78, 5) is 11.4. The Morgan fingerprint density at radius 1 is 1.00 bits per heavy atom. The van der Waals surface area contributed by atoms with Gasteiger partial charge in [0.15, 0.2) is 12.1 Å². The van der Waals surface area contributed by atoms with Gasteiger partial charge in [0.05, 0.1) is 18.8 Å². The van der Waals surface area contributed by atoms with Crippen LogP contribution >= 0.6 is 0 Å². The van der Waals surface area contributed by atoms with Gasteiger partial charge in [-0.15, -0.1) is 0 Å². The van der Waals surface area contributed by atoms with Crippen molar-refractivity contribution < 1.29 is 59.5 Å². The van der Waals surface area contributed by atoms with Crippen LogP contribution in [0.25, 0.3) is 0 Å². The summed E-state index contributed by atoms with van der Waals surface area (Å²) in [6.45, 7) is 0.562. The summed E-state index contributed by atoms with van der Waals surface area (Å²) < 4.78 is 21.3. The Morgan fingerprint density at radius 3 is 2.32 bits per heavy atom. The molecule has 0 aliphatic carbocycles. The molecule has 2 aliphatic rings. The van der Waals surface area contributed by atoms with E-state index in [-0.39, 0.29) is 29.5 Å². The van der Waals surface area contributed by atoms with Crippen LogP contribution in [0.2, 0.25) is 0 Å². The van der Waals surface area contributed by atoms with Gasteiger partial charge >= 0.3 is 0 Å². The topological polar surface area (TPSA) is 196 Å². The number of hydrogen-bond acceptors (Lipinski definition) is 12. The molecule has 31 heavy (non-hydrogen) atoms. The number of ketones is 1. The van der Waals surface area contributed by atoms with Gasteiger partial charge in [-0.1, -0.05) is 0 Å². The molecule has 7 N–H and O–H groups in total. The van der Waals surface area contributed by atoms with Crippen LogP contribution in [0.5, 0.6) is 11.5 Å². The van der Waals surface area contributed by atoms with E-state index in [2.05, 4.69) is 0 Å². The number of ether oxygens (including phenoxy) is 4. The normalized spacial score (nSPS) is 38.6. The van der Waals surface area contributed by atoms with Crippen LogP contribution in [0.3, 0.4) is 0 Å². The number of carbonyl (C=O) groups excluding carboxylic acids is 1. The highest BCUT2D eigenvalue weighted by atomic mass is 16.7. The average molecular weight is 446 g/mol. The Morgan fingerprint density at radius 2 is 1.68 bits per heavy atom. The number of hydrogen-bond donors (Lipinski definition) is 7. The molecule has 12 nitrogen and oxygen atoms in total. The summed E-state index contributed by atoms with van der Waals surface area (Å²) >= 11 is 0. The molecule has 2 saturated heterocycles. The smallest absolute Gasteiger partial charge is 0.229 e. The minimum atomic E-state index is -1.68. The van der Waals surface area contributed by atoms with Gasteiger partial charge in [-0.2, -0.15) is 0 Å². The lowest BCUT2D eigenvalue weighted by Gasteiger charge is -2.41. The van der Waals surface area contributed by atoms with Crippen molar-refractivity contribution in [3.05, 3.63) is 23.8 Å². The molecule has 0 saturated carbocycles. The lowest BCUT2D eigenvalue weighted by molar-refractivity contribution is -0.307. The standard InChI is InChI=1S/C19H26O12/c1-7(20)9-3-2-8(4-10(9)21)30-19-17(27)15(25)14(24)12(31-19)6-29-18-16(26)13(23)11(22)5-28-18/h2-4,11-19,21-27H,5-6H2,1H3/t11-,12-,13-,14+,15+,16-,17-,18-,19+/m0/s1. The fourth-order valence-electron chi connectivity index (χ4n) is 3.28. The molecule has 3 rings (SSSR count). The highest BCUT2D eigenvalue weighted by Crippen LogP contribution is 2.29. The summed E-state index contributed by atoms with van der Waals surface area (Å²) in [5, 5.41) is 69.5. The summed E-state index contributed by atoms with van der Waals surface area (Å²) in [5.74, 6) is -0.684. The highest BCUT2D eigenvalue weighted by molar-refractivity contribution is 5.96. The van der Waals surface area contributed by atoms with E-state index in [1.54, 1.807) is 0 Å². The number of aromatic hydroxyl groups is 1. The van der Waals surface area contributed by atoms with Crippen molar-refractivity contribution in [3.63, 3.8) is 0 Å². The number of rotatable bonds is 6. The predicted octanol–water partition coefficient (Wildman–Crippen LogP) is -2.76. The molecular formula is C19H26O12. The van der Waals surface area contributed by atoms with Crippen LogP contribution in [0.1, 0.15) is 17.3 Å². The zero-order valence-corrected chi connectivity index (χ0v) is 16.5. The minimum absolute atomic E-state index is 0.0259. The Hall–Kier alpha value is -1.87. The maximum atomic E-state index is 11.4. The third-order valence-corrected chi connectivity index (χ3v) is 5.15. The number of phenolic OH excluding ortho intramolecular Hbond substituents is 1. The number of aliphatic hydroxyl groups is 6. The second kappa shape index (κ2) is 9.73. The largest absolute Gasteiger partial charge is 0.507 e. The van der Waals surface area contributed by atoms with Gasteiger partial charge in [0.25, 0.3) is 0 Å². The van der Waals surface area contributed by atoms with Gasteiger partial charge in [0.1, 0.15) is 54.2 Å². The molecule has 0 unspecified atom stereocenters. The van der Waals surface area contributed by atoms with Crippen molar-refractivity contribution in [2.45, 2.75) is 62.2 Å². The molecular weight excluding hydrogens is 420 g/mol. The third kappa shape index (κ3) is 5.14. The first-order valence-electron chi connectivity index (χ1n) is 9.57. The van der Waals surface area contributed by atoms with Crippen LogP contribution < -0.4 is 4.74 Å². The molecule has 0 amide bonds. The fraction of sp³-hybridized carbons (Fsp3) is 0.632. The van der Waals surface area contributed by atoms with E-state index in [1.165, 1.54) is 19.1 Å². The second-order valence-electron chi connectivity index (χ2n) is 7.45. The number of Topliss-reactive ketones (excluding diaryl/α,β-unsaturated/α-hetero) is 1. The predicted molar refractivity (Wildman–Crippen MR) is 99.1 cm³/mol. The maximum absolute atomic E-state index is 11.4. The Bertz CT molecular complexity index is 772. The van der Waals surface area contributed by atoms with E-state index >= 15 is 0 Å². The first-order chi connectivity index (χ1) is 14.6. The lowest BCUT2D eigenvalue weighted by Crippen LogP contribution is -2.61. The van der Waals surface area contributed by atoms with Crippen LogP contribution in [-0.4, -0.2) is 110 Å². The Balaban J connectivity index is 1.65. The second-order valence-corrected chi connectivity index (χ2v) is 7.45. The zero-order chi connectivity index (χ0) is 22.9. The van der Waals surface area contributed by atoms with Gasteiger partial charge in [0.2, 0.25) is 6.29 Å². The van der Waals surface area contributed by atoms with E-state index in [1.807, 2.05) is 0 Å². The average Bonchev–Trinajstić information content (AvgIpc) is 2.72. The first kappa shape index (κ1) is 23.8. The first-order valence-corrected chi connectivity index (χ1v) is 9.57. The highest BCUT2D eigenvalue weighted by Gasteiger charge is 2.46. The molecule has 174 valence electrons. The van der Waals surface area contributed by atoms with Gasteiger partial charge in [-0.25, -0.2) is 0 Å². The van der Waals surface area contributed by atoms with E-state index < -0.39 is 61.9 Å². The molecule has 0 bridgehead atoms. The summed E-state index contributed by atoms with van der Waals surface area (Å²) in [5.41, 5.74) is 0.0672. The van der Waals surface area contributed by atoms with E-state index in [0.29, 0.717) is 0 Å². The quantitative estimate of drug-likeness (QED) is 0.223. The Kier molecular flexibility index (Phi) is 7.47. The molecule has 0 aromatic heterocycles. The third-order valence-electron chi connectivity index (χ3n) is 5.15. The van der Waals surface area contributed by atoms with Crippen molar-refractivity contribution in [3.8, 4) is 11.5 Å². The summed E-state index contributed by atoms with van der Waals surface area (Å²) in [6.07, 6.45) is -13.3. The van der Waals surface area contributed by atoms with Crippen molar-refractivity contribution in [2.75, 3.05) is 13.2 Å². The molecule has 1 aromatic carbocycles. The van der Waals surface area contributed by atoms with Crippen molar-refractivity contribution >= 4 is 5.78 Å². The molecule has 9 atom stereocenters. The monoisotopic (exact) mass is 446 g/mol. The summed E-state index contributed by atoms with van der Waals surface area (Å²) in [6, 6.07) is 3.80. The van der Waals surface area contributed by atoms with Crippen LogP contribution in [0, 0.1) is 0 Å². The molecule has 2 heterocycles. The van der Waals surface area contributed by atoms with Crippen molar-refractivity contribution in [2.24, 2.45) is 0 Å².